The fourth-order valence-electron chi connectivity index (χ4n) is 1.28. The van der Waals surface area contributed by atoms with E-state index in [-0.39, 0.29) is 10.6 Å². The van der Waals surface area contributed by atoms with Crippen molar-refractivity contribution in [1.29, 1.82) is 0 Å². The molecule has 1 aliphatic rings. The van der Waals surface area contributed by atoms with E-state index < -0.39 is 0 Å². The molecule has 1 aliphatic heterocycles. The van der Waals surface area contributed by atoms with Crippen LogP contribution in [-0.4, -0.2) is 17.2 Å². The number of ether oxygens (including phenoxy) is 1. The maximum Gasteiger partial charge on any atom is 0.183 e. The molecule has 0 radical (unpaired) electrons. The molecule has 0 saturated heterocycles. The van der Waals surface area contributed by atoms with E-state index in [0.29, 0.717) is 17.9 Å². The van der Waals surface area contributed by atoms with Gasteiger partial charge in [-0.2, -0.15) is 0 Å². The van der Waals surface area contributed by atoms with Gasteiger partial charge in [-0.15, -0.1) is 0 Å². The van der Waals surface area contributed by atoms with E-state index in [1.165, 1.54) is 0 Å². The topological polar surface area (TPSA) is 26.3 Å². The van der Waals surface area contributed by atoms with Crippen LogP contribution in [0.3, 0.4) is 0 Å². The van der Waals surface area contributed by atoms with Gasteiger partial charge in [-0.1, -0.05) is 15.9 Å². The Bertz CT molecular complexity index is 383. The SMILES string of the molecule is O=C1c2cc(SCl)ccc2OCC1Br. The highest BCUT2D eigenvalue weighted by molar-refractivity contribution is 9.10. The number of benzene rings is 1. The van der Waals surface area contributed by atoms with Crippen molar-refractivity contribution in [3.8, 4) is 5.75 Å². The molecule has 1 aromatic rings. The van der Waals surface area contributed by atoms with Gasteiger partial charge in [-0.25, -0.2) is 0 Å². The van der Waals surface area contributed by atoms with Gasteiger partial charge in [0.2, 0.25) is 0 Å². The molecule has 0 N–H and O–H groups in total. The van der Waals surface area contributed by atoms with E-state index in [4.69, 9.17) is 15.4 Å². The smallest absolute Gasteiger partial charge is 0.183 e. The van der Waals surface area contributed by atoms with Crippen molar-refractivity contribution in [2.45, 2.75) is 9.72 Å². The van der Waals surface area contributed by atoms with Crippen molar-refractivity contribution in [3.05, 3.63) is 23.8 Å². The number of fused-ring (bicyclic) bond motifs is 1. The average molecular weight is 294 g/mol. The maximum atomic E-state index is 11.7. The molecule has 0 fully saturated rings. The second-order valence-electron chi connectivity index (χ2n) is 2.88. The molecule has 0 amide bonds. The molecular formula is C9H6BrClO2S. The van der Waals surface area contributed by atoms with Gasteiger partial charge in [0.15, 0.2) is 5.78 Å². The summed E-state index contributed by atoms with van der Waals surface area (Å²) in [5.41, 5.74) is 0.601. The Morgan fingerprint density at radius 1 is 1.57 bits per heavy atom. The summed E-state index contributed by atoms with van der Waals surface area (Å²) in [4.78, 5) is 12.3. The number of carbonyl (C=O) groups is 1. The minimum Gasteiger partial charge on any atom is -0.491 e. The molecule has 0 bridgehead atoms. The van der Waals surface area contributed by atoms with Crippen molar-refractivity contribution < 1.29 is 9.53 Å². The number of halogens is 2. The third-order valence-electron chi connectivity index (χ3n) is 1.98. The van der Waals surface area contributed by atoms with Gasteiger partial charge in [0.05, 0.1) is 5.56 Å². The minimum atomic E-state index is -0.245. The average Bonchev–Trinajstić information content (AvgIpc) is 2.23. The Morgan fingerprint density at radius 3 is 3.07 bits per heavy atom. The normalized spacial score (nSPS) is 20.1. The standard InChI is InChI=1S/C9H6BrClO2S/c10-7-4-13-8-2-1-5(14-11)3-6(8)9(7)12/h1-3,7H,4H2. The Hall–Kier alpha value is -0.190. The summed E-state index contributed by atoms with van der Waals surface area (Å²) < 4.78 is 5.39. The first kappa shape index (κ1) is 10.3. The van der Waals surface area contributed by atoms with Crippen molar-refractivity contribution in [2.75, 3.05) is 6.61 Å². The van der Waals surface area contributed by atoms with Crippen molar-refractivity contribution in [2.24, 2.45) is 0 Å². The summed E-state index contributed by atoms with van der Waals surface area (Å²) in [6.45, 7) is 0.388. The van der Waals surface area contributed by atoms with Crippen LogP contribution in [0.15, 0.2) is 23.1 Å². The predicted molar refractivity (Wildman–Crippen MR) is 60.7 cm³/mol. The number of alkyl halides is 1. The van der Waals surface area contributed by atoms with E-state index in [9.17, 15) is 4.79 Å². The van der Waals surface area contributed by atoms with E-state index in [1.807, 2.05) is 6.07 Å². The van der Waals surface area contributed by atoms with Gasteiger partial charge in [0.25, 0.3) is 0 Å². The number of rotatable bonds is 1. The largest absolute Gasteiger partial charge is 0.491 e. The fraction of sp³-hybridized carbons (Fsp3) is 0.222. The summed E-state index contributed by atoms with van der Waals surface area (Å²) in [7, 11) is 6.70. The summed E-state index contributed by atoms with van der Waals surface area (Å²) >= 11 is 3.26. The van der Waals surface area contributed by atoms with Crippen LogP contribution in [0.5, 0.6) is 5.75 Å². The van der Waals surface area contributed by atoms with Crippen molar-refractivity contribution in [3.63, 3.8) is 0 Å². The van der Waals surface area contributed by atoms with Gasteiger partial charge in [0.1, 0.15) is 17.2 Å². The van der Waals surface area contributed by atoms with Gasteiger partial charge in [-0.3, -0.25) is 4.79 Å². The molecule has 0 spiro atoms. The number of Topliss-reactive ketones (excluding diaryl/α,β-unsaturated/α-hetero) is 1. The highest BCUT2D eigenvalue weighted by Gasteiger charge is 2.26. The minimum absolute atomic E-state index is 0.0545. The van der Waals surface area contributed by atoms with E-state index >= 15 is 0 Å². The lowest BCUT2D eigenvalue weighted by Gasteiger charge is -2.20. The van der Waals surface area contributed by atoms with Crippen molar-refractivity contribution >= 4 is 43.4 Å². The quantitative estimate of drug-likeness (QED) is 0.743. The predicted octanol–water partition coefficient (Wildman–Crippen LogP) is 3.27. The molecule has 0 aromatic heterocycles. The molecule has 0 saturated carbocycles. The monoisotopic (exact) mass is 292 g/mol. The molecule has 5 heteroatoms. The third kappa shape index (κ3) is 1.78. The highest BCUT2D eigenvalue weighted by Crippen LogP contribution is 2.32. The van der Waals surface area contributed by atoms with Crippen LogP contribution in [0.4, 0.5) is 0 Å². The lowest BCUT2D eigenvalue weighted by Crippen LogP contribution is -2.27. The zero-order valence-corrected chi connectivity index (χ0v) is 10.2. The van der Waals surface area contributed by atoms with Crippen LogP contribution in [-0.2, 0) is 0 Å². The number of hydrogen-bond acceptors (Lipinski definition) is 3. The summed E-state index contributed by atoms with van der Waals surface area (Å²) in [5, 5.41) is 0. The number of ketones is 1. The van der Waals surface area contributed by atoms with Gasteiger partial charge < -0.3 is 4.74 Å². The zero-order valence-electron chi connectivity index (χ0n) is 7.00. The first-order valence-electron chi connectivity index (χ1n) is 3.96. The fourth-order valence-corrected chi connectivity index (χ4v) is 2.23. The number of hydrogen-bond donors (Lipinski definition) is 0. The molecule has 1 heterocycles. The molecule has 14 heavy (non-hydrogen) atoms. The lowest BCUT2D eigenvalue weighted by molar-refractivity contribution is 0.0946. The maximum absolute atomic E-state index is 11.7. The molecular weight excluding hydrogens is 288 g/mol. The molecule has 2 nitrogen and oxygen atoms in total. The lowest BCUT2D eigenvalue weighted by atomic mass is 10.1. The Labute approximate surface area is 98.6 Å². The van der Waals surface area contributed by atoms with E-state index in [0.717, 1.165) is 15.9 Å². The molecule has 74 valence electrons. The van der Waals surface area contributed by atoms with E-state index in [1.54, 1.807) is 12.1 Å². The Kier molecular flexibility index (Phi) is 3.04. The number of carbonyl (C=O) groups excluding carboxylic acids is 1. The summed E-state index contributed by atoms with van der Waals surface area (Å²) in [6, 6.07) is 5.36. The zero-order chi connectivity index (χ0) is 10.1. The van der Waals surface area contributed by atoms with Crippen LogP contribution in [0.25, 0.3) is 0 Å². The van der Waals surface area contributed by atoms with Gasteiger partial charge in [0, 0.05) is 4.90 Å². The summed E-state index contributed by atoms with van der Waals surface area (Å²) in [6.07, 6.45) is 0. The van der Waals surface area contributed by atoms with Crippen LogP contribution < -0.4 is 4.74 Å². The van der Waals surface area contributed by atoms with Crippen LogP contribution >= 0.6 is 37.6 Å². The second kappa shape index (κ2) is 4.13. The van der Waals surface area contributed by atoms with Gasteiger partial charge >= 0.3 is 0 Å². The Morgan fingerprint density at radius 2 is 2.36 bits per heavy atom. The van der Waals surface area contributed by atoms with E-state index in [2.05, 4.69) is 15.9 Å². The first-order chi connectivity index (χ1) is 6.72. The van der Waals surface area contributed by atoms with Crippen LogP contribution in [0.1, 0.15) is 10.4 Å². The molecule has 0 aliphatic carbocycles. The molecule has 1 unspecified atom stereocenters. The second-order valence-corrected chi connectivity index (χ2v) is 5.07. The van der Waals surface area contributed by atoms with Crippen LogP contribution in [0, 0.1) is 0 Å². The van der Waals surface area contributed by atoms with Crippen molar-refractivity contribution in [1.82, 2.24) is 0 Å². The van der Waals surface area contributed by atoms with Gasteiger partial charge in [-0.05, 0) is 39.9 Å². The Balaban J connectivity index is 2.46. The molecule has 1 atom stereocenters. The third-order valence-corrected chi connectivity index (χ3v) is 3.62. The molecule has 2 rings (SSSR count). The summed E-state index contributed by atoms with van der Waals surface area (Å²) in [5.74, 6) is 0.694. The molecule has 1 aromatic carbocycles. The van der Waals surface area contributed by atoms with Crippen LogP contribution in [0.2, 0.25) is 0 Å². The highest BCUT2D eigenvalue weighted by atomic mass is 79.9. The first-order valence-corrected chi connectivity index (χ1v) is 6.52.